The number of carbonyl (C=O) groups is 1. The zero-order valence-corrected chi connectivity index (χ0v) is 10.3. The van der Waals surface area contributed by atoms with Crippen molar-refractivity contribution in [2.75, 3.05) is 13.2 Å². The highest BCUT2D eigenvalue weighted by molar-refractivity contribution is 5.66. The number of ether oxygens (including phenoxy) is 1. The van der Waals surface area contributed by atoms with E-state index in [0.29, 0.717) is 0 Å². The van der Waals surface area contributed by atoms with Gasteiger partial charge in [0, 0.05) is 18.6 Å². The van der Waals surface area contributed by atoms with Gasteiger partial charge in [0.05, 0.1) is 6.10 Å². The predicted molar refractivity (Wildman–Crippen MR) is 62.5 cm³/mol. The average molecular weight is 229 g/mol. The van der Waals surface area contributed by atoms with Gasteiger partial charge >= 0.3 is 5.97 Å². The molecule has 1 rings (SSSR count). The zero-order valence-electron chi connectivity index (χ0n) is 10.3. The van der Waals surface area contributed by atoms with E-state index in [4.69, 9.17) is 9.84 Å². The van der Waals surface area contributed by atoms with E-state index in [9.17, 15) is 4.79 Å². The maximum Gasteiger partial charge on any atom is 0.303 e. The van der Waals surface area contributed by atoms with E-state index < -0.39 is 5.97 Å². The average Bonchev–Trinajstić information content (AvgIpc) is 2.53. The van der Waals surface area contributed by atoms with Crippen LogP contribution in [0.3, 0.4) is 0 Å². The fourth-order valence-corrected chi connectivity index (χ4v) is 2.02. The molecule has 0 saturated carbocycles. The summed E-state index contributed by atoms with van der Waals surface area (Å²) in [5, 5.41) is 12.0. The third-order valence-corrected chi connectivity index (χ3v) is 3.48. The summed E-state index contributed by atoms with van der Waals surface area (Å²) in [4.78, 5) is 10.3. The van der Waals surface area contributed by atoms with Crippen LogP contribution >= 0.6 is 0 Å². The van der Waals surface area contributed by atoms with Crippen LogP contribution in [0.5, 0.6) is 0 Å². The molecule has 0 radical (unpaired) electrons. The van der Waals surface area contributed by atoms with Gasteiger partial charge in [-0.3, -0.25) is 4.79 Å². The van der Waals surface area contributed by atoms with E-state index >= 15 is 0 Å². The van der Waals surface area contributed by atoms with Crippen molar-refractivity contribution < 1.29 is 14.6 Å². The summed E-state index contributed by atoms with van der Waals surface area (Å²) in [7, 11) is 0. The highest BCUT2D eigenvalue weighted by atomic mass is 16.5. The molecule has 1 aliphatic heterocycles. The molecule has 0 aromatic carbocycles. The van der Waals surface area contributed by atoms with Crippen molar-refractivity contribution >= 4 is 5.97 Å². The number of unbranched alkanes of at least 4 members (excludes halogenated alkanes) is 2. The molecular weight excluding hydrogens is 206 g/mol. The lowest BCUT2D eigenvalue weighted by molar-refractivity contribution is -0.137. The highest BCUT2D eigenvalue weighted by Crippen LogP contribution is 2.24. The third kappa shape index (κ3) is 4.10. The van der Waals surface area contributed by atoms with Gasteiger partial charge in [0.15, 0.2) is 0 Å². The number of rotatable bonds is 7. The molecule has 2 unspecified atom stereocenters. The van der Waals surface area contributed by atoms with Gasteiger partial charge in [-0.05, 0) is 39.7 Å². The molecule has 1 saturated heterocycles. The van der Waals surface area contributed by atoms with E-state index in [1.54, 1.807) is 0 Å². The van der Waals surface area contributed by atoms with Gasteiger partial charge in [-0.1, -0.05) is 6.42 Å². The molecular formula is C12H23NO3. The second-order valence-electron chi connectivity index (χ2n) is 4.81. The van der Waals surface area contributed by atoms with Crippen LogP contribution < -0.4 is 5.32 Å². The fraction of sp³-hybridized carbons (Fsp3) is 0.917. The lowest BCUT2D eigenvalue weighted by Crippen LogP contribution is -2.48. The molecule has 0 aromatic rings. The summed E-state index contributed by atoms with van der Waals surface area (Å²) in [6, 6.07) is 0. The van der Waals surface area contributed by atoms with Crippen LogP contribution in [-0.2, 0) is 9.53 Å². The van der Waals surface area contributed by atoms with Crippen molar-refractivity contribution in [2.45, 2.75) is 57.6 Å². The predicted octanol–water partition coefficient (Wildman–Crippen LogP) is 1.79. The number of carboxylic acid groups (broad SMARTS) is 1. The Hall–Kier alpha value is -0.610. The standard InChI is InChI=1S/C12H23NO3/c1-10-12(2,7-9-16-10)13-8-5-3-4-6-11(14)15/h10,13H,3-9H2,1-2H3,(H,14,15). The summed E-state index contributed by atoms with van der Waals surface area (Å²) in [5.41, 5.74) is 0.104. The number of hydrogen-bond donors (Lipinski definition) is 2. The van der Waals surface area contributed by atoms with Gasteiger partial charge in [-0.2, -0.15) is 0 Å². The molecule has 0 aliphatic carbocycles. The lowest BCUT2D eigenvalue weighted by atomic mass is 9.94. The normalized spacial score (nSPS) is 29.5. The van der Waals surface area contributed by atoms with Crippen molar-refractivity contribution in [3.63, 3.8) is 0 Å². The van der Waals surface area contributed by atoms with Crippen molar-refractivity contribution in [2.24, 2.45) is 0 Å². The number of aliphatic carboxylic acids is 1. The molecule has 1 fully saturated rings. The second-order valence-corrected chi connectivity index (χ2v) is 4.81. The Morgan fingerprint density at radius 3 is 2.81 bits per heavy atom. The van der Waals surface area contributed by atoms with Crippen LogP contribution in [0.4, 0.5) is 0 Å². The molecule has 0 bridgehead atoms. The largest absolute Gasteiger partial charge is 0.481 e. The first-order chi connectivity index (χ1) is 7.54. The summed E-state index contributed by atoms with van der Waals surface area (Å²) in [6.07, 6.45) is 4.41. The summed E-state index contributed by atoms with van der Waals surface area (Å²) in [5.74, 6) is -0.697. The Bertz CT molecular complexity index is 232. The first kappa shape index (κ1) is 13.5. The Kier molecular flexibility index (Phi) is 5.22. The van der Waals surface area contributed by atoms with E-state index in [1.165, 1.54) is 0 Å². The first-order valence-corrected chi connectivity index (χ1v) is 6.13. The molecule has 4 nitrogen and oxygen atoms in total. The Morgan fingerprint density at radius 1 is 1.50 bits per heavy atom. The smallest absolute Gasteiger partial charge is 0.303 e. The second kappa shape index (κ2) is 6.21. The number of hydrogen-bond acceptors (Lipinski definition) is 3. The van der Waals surface area contributed by atoms with Crippen molar-refractivity contribution in [1.29, 1.82) is 0 Å². The zero-order chi connectivity index (χ0) is 12.0. The Labute approximate surface area is 97.4 Å². The van der Waals surface area contributed by atoms with Gasteiger partial charge in [0.2, 0.25) is 0 Å². The molecule has 1 heterocycles. The Balaban J connectivity index is 2.04. The highest BCUT2D eigenvalue weighted by Gasteiger charge is 2.35. The maximum atomic E-state index is 10.3. The summed E-state index contributed by atoms with van der Waals surface area (Å²) in [6.45, 7) is 6.08. The van der Waals surface area contributed by atoms with E-state index in [1.807, 2.05) is 0 Å². The SMILES string of the molecule is CC1OCCC1(C)NCCCCCC(=O)O. The monoisotopic (exact) mass is 229 g/mol. The van der Waals surface area contributed by atoms with Gasteiger partial charge in [0.1, 0.15) is 0 Å². The van der Waals surface area contributed by atoms with Gasteiger partial charge in [0.25, 0.3) is 0 Å². The molecule has 4 heteroatoms. The number of nitrogens with one attached hydrogen (secondary N) is 1. The molecule has 2 atom stereocenters. The van der Waals surface area contributed by atoms with Crippen molar-refractivity contribution in [3.8, 4) is 0 Å². The van der Waals surface area contributed by atoms with E-state index in [0.717, 1.165) is 38.8 Å². The molecule has 2 N–H and O–H groups in total. The van der Waals surface area contributed by atoms with Gasteiger partial charge in [-0.25, -0.2) is 0 Å². The molecule has 16 heavy (non-hydrogen) atoms. The number of carboxylic acids is 1. The summed E-state index contributed by atoms with van der Waals surface area (Å²) >= 11 is 0. The molecule has 94 valence electrons. The van der Waals surface area contributed by atoms with Gasteiger partial charge in [-0.15, -0.1) is 0 Å². The van der Waals surface area contributed by atoms with Crippen LogP contribution in [-0.4, -0.2) is 35.9 Å². The van der Waals surface area contributed by atoms with Crippen LogP contribution in [0, 0.1) is 0 Å². The third-order valence-electron chi connectivity index (χ3n) is 3.48. The molecule has 0 aromatic heterocycles. The van der Waals surface area contributed by atoms with Crippen molar-refractivity contribution in [3.05, 3.63) is 0 Å². The van der Waals surface area contributed by atoms with Crippen LogP contribution in [0.25, 0.3) is 0 Å². The topological polar surface area (TPSA) is 58.6 Å². The maximum absolute atomic E-state index is 10.3. The quantitative estimate of drug-likeness (QED) is 0.653. The molecule has 0 amide bonds. The minimum Gasteiger partial charge on any atom is -0.481 e. The molecule has 1 aliphatic rings. The van der Waals surface area contributed by atoms with Crippen LogP contribution in [0.2, 0.25) is 0 Å². The lowest BCUT2D eigenvalue weighted by Gasteiger charge is -2.29. The van der Waals surface area contributed by atoms with Crippen molar-refractivity contribution in [1.82, 2.24) is 5.32 Å². The Morgan fingerprint density at radius 2 is 2.25 bits per heavy atom. The van der Waals surface area contributed by atoms with Gasteiger partial charge < -0.3 is 15.2 Å². The molecule has 0 spiro atoms. The van der Waals surface area contributed by atoms with E-state index in [2.05, 4.69) is 19.2 Å². The fourth-order valence-electron chi connectivity index (χ4n) is 2.02. The summed E-state index contributed by atoms with van der Waals surface area (Å²) < 4.78 is 5.54. The van der Waals surface area contributed by atoms with E-state index in [-0.39, 0.29) is 18.1 Å². The minimum atomic E-state index is -0.697. The first-order valence-electron chi connectivity index (χ1n) is 6.13. The van der Waals surface area contributed by atoms with Crippen LogP contribution in [0.15, 0.2) is 0 Å². The van der Waals surface area contributed by atoms with Crippen LogP contribution in [0.1, 0.15) is 46.0 Å². The minimum absolute atomic E-state index is 0.104.